The quantitative estimate of drug-likeness (QED) is 0.134. The van der Waals surface area contributed by atoms with Crippen LogP contribution in [-0.2, 0) is 38.3 Å². The fourth-order valence-electron chi connectivity index (χ4n) is 6.05. The minimum absolute atomic E-state index is 0.0386. The maximum Gasteiger partial charge on any atom is 0.407 e. The molecule has 3 rings (SSSR count). The Bertz CT molecular complexity index is 1650. The molecular formula is C39H53N5O8S. The van der Waals surface area contributed by atoms with Crippen LogP contribution < -0.4 is 16.0 Å². The molecule has 1 heterocycles. The Balaban J connectivity index is 2.00. The number of carboxylic acid groups (broad SMARTS) is 1. The van der Waals surface area contributed by atoms with Crippen molar-refractivity contribution in [3.8, 4) is 11.3 Å². The van der Waals surface area contributed by atoms with Crippen LogP contribution in [0.5, 0.6) is 0 Å². The molecule has 0 unspecified atom stereocenters. The third kappa shape index (κ3) is 12.2. The van der Waals surface area contributed by atoms with Crippen molar-refractivity contribution in [1.82, 2.24) is 25.8 Å². The van der Waals surface area contributed by atoms with E-state index in [2.05, 4.69) is 20.9 Å². The van der Waals surface area contributed by atoms with E-state index in [4.69, 9.17) is 4.74 Å². The molecule has 0 radical (unpaired) electrons. The van der Waals surface area contributed by atoms with Gasteiger partial charge in [0.05, 0.1) is 31.2 Å². The first-order chi connectivity index (χ1) is 24.8. The van der Waals surface area contributed by atoms with Crippen molar-refractivity contribution in [2.24, 2.45) is 5.41 Å². The van der Waals surface area contributed by atoms with Gasteiger partial charge in [-0.05, 0) is 73.0 Å². The monoisotopic (exact) mass is 751 g/mol. The lowest BCUT2D eigenvalue weighted by atomic mass is 9.85. The number of aliphatic hydroxyl groups is 1. The molecule has 14 heteroatoms. The normalized spacial score (nSPS) is 15.1. The van der Waals surface area contributed by atoms with Crippen LogP contribution in [0.4, 0.5) is 9.59 Å². The largest absolute Gasteiger partial charge is 0.616 e. The number of methoxy groups -OCH3 is 1. The number of alkyl carbamates (subject to hydrolysis) is 1. The number of nitrogens with one attached hydrogen (secondary N) is 3. The first-order valence-electron chi connectivity index (χ1n) is 17.3. The molecule has 53 heavy (non-hydrogen) atoms. The number of aromatic nitrogens is 1. The summed E-state index contributed by atoms with van der Waals surface area (Å²) in [6, 6.07) is 18.4. The molecule has 6 atom stereocenters. The number of nitrogens with zero attached hydrogens (tertiary/aromatic N) is 2. The summed E-state index contributed by atoms with van der Waals surface area (Å²) in [7, 11) is 2.45. The van der Waals surface area contributed by atoms with E-state index >= 15 is 0 Å². The van der Waals surface area contributed by atoms with Gasteiger partial charge in [-0.2, -0.15) is 0 Å². The zero-order valence-corrected chi connectivity index (χ0v) is 32.5. The molecule has 0 fully saturated rings. The van der Waals surface area contributed by atoms with Gasteiger partial charge >= 0.3 is 12.2 Å². The number of carbonyl (C=O) groups is 4. The Morgan fingerprint density at radius 2 is 1.47 bits per heavy atom. The van der Waals surface area contributed by atoms with Crippen molar-refractivity contribution in [3.63, 3.8) is 0 Å². The van der Waals surface area contributed by atoms with Crippen LogP contribution in [0, 0.1) is 5.41 Å². The van der Waals surface area contributed by atoms with Crippen molar-refractivity contribution < 1.29 is 38.7 Å². The van der Waals surface area contributed by atoms with Crippen LogP contribution in [0.15, 0.2) is 79.0 Å². The molecular weight excluding hydrogens is 699 g/mol. The zero-order chi connectivity index (χ0) is 39.5. The van der Waals surface area contributed by atoms with Gasteiger partial charge in [-0.3, -0.25) is 19.5 Å². The maximum atomic E-state index is 14.0. The highest BCUT2D eigenvalue weighted by Gasteiger charge is 2.48. The lowest BCUT2D eigenvalue weighted by molar-refractivity contribution is -0.129. The Morgan fingerprint density at radius 1 is 0.868 bits per heavy atom. The van der Waals surface area contributed by atoms with Crippen LogP contribution in [0.2, 0.25) is 0 Å². The molecule has 0 saturated heterocycles. The third-order valence-corrected chi connectivity index (χ3v) is 11.0. The summed E-state index contributed by atoms with van der Waals surface area (Å²) in [5.74, 6) is -1.22. The predicted molar refractivity (Wildman–Crippen MR) is 205 cm³/mol. The highest BCUT2D eigenvalue weighted by molar-refractivity contribution is 7.92. The van der Waals surface area contributed by atoms with Gasteiger partial charge in [-0.1, -0.05) is 81.4 Å². The van der Waals surface area contributed by atoms with Gasteiger partial charge in [0.1, 0.15) is 10.8 Å². The first-order valence-corrected chi connectivity index (χ1v) is 18.9. The molecule has 4 amide bonds. The summed E-state index contributed by atoms with van der Waals surface area (Å²) in [5, 5.41) is 30.3. The van der Waals surface area contributed by atoms with Gasteiger partial charge in [0.25, 0.3) is 0 Å². The fourth-order valence-corrected chi connectivity index (χ4v) is 6.63. The smallest absolute Gasteiger partial charge is 0.407 e. The molecule has 0 aliphatic heterocycles. The second-order valence-corrected chi connectivity index (χ2v) is 16.7. The molecule has 13 nitrogen and oxygen atoms in total. The fraction of sp³-hybridized carbons (Fsp3) is 0.462. The van der Waals surface area contributed by atoms with E-state index < -0.39 is 75.6 Å². The van der Waals surface area contributed by atoms with Gasteiger partial charge in [0.15, 0.2) is 6.04 Å². The summed E-state index contributed by atoms with van der Waals surface area (Å²) in [6.45, 7) is 8.50. The van der Waals surface area contributed by atoms with Crippen LogP contribution in [-0.4, -0.2) is 104 Å². The van der Waals surface area contributed by atoms with Crippen molar-refractivity contribution in [1.29, 1.82) is 0 Å². The summed E-state index contributed by atoms with van der Waals surface area (Å²) in [5.41, 5.74) is 2.61. The van der Waals surface area contributed by atoms with Gasteiger partial charge in [0, 0.05) is 24.8 Å². The van der Waals surface area contributed by atoms with Crippen LogP contribution >= 0.6 is 0 Å². The van der Waals surface area contributed by atoms with E-state index in [9.17, 15) is 33.9 Å². The summed E-state index contributed by atoms with van der Waals surface area (Å²) in [6.07, 6.45) is 0.105. The number of hydrogen-bond acceptors (Lipinski definition) is 8. The number of ether oxygens (including phenoxy) is 1. The van der Waals surface area contributed by atoms with Crippen LogP contribution in [0.1, 0.15) is 52.2 Å². The third-order valence-electron chi connectivity index (χ3n) is 9.27. The van der Waals surface area contributed by atoms with Crippen LogP contribution in [0.3, 0.4) is 0 Å². The number of amides is 4. The lowest BCUT2D eigenvalue weighted by Crippen LogP contribution is -2.63. The van der Waals surface area contributed by atoms with Crippen molar-refractivity contribution in [2.45, 2.75) is 88.9 Å². The topological polar surface area (TPSA) is 193 Å². The van der Waals surface area contributed by atoms with E-state index in [1.54, 1.807) is 40.8 Å². The highest BCUT2D eigenvalue weighted by atomic mass is 32.2. The molecule has 0 aliphatic carbocycles. The number of hydrogen-bond donors (Lipinski definition) is 5. The number of rotatable bonds is 16. The molecule has 5 N–H and O–H groups in total. The Kier molecular flexibility index (Phi) is 15.2. The van der Waals surface area contributed by atoms with Gasteiger partial charge in [0.2, 0.25) is 11.8 Å². The molecule has 0 bridgehead atoms. The molecule has 2 aromatic carbocycles. The average molecular weight is 752 g/mol. The van der Waals surface area contributed by atoms with Gasteiger partial charge in [-0.15, -0.1) is 0 Å². The van der Waals surface area contributed by atoms with Crippen LogP contribution in [0.25, 0.3) is 11.3 Å². The zero-order valence-electron chi connectivity index (χ0n) is 31.7. The number of carbonyl (C=O) groups excluding carboxylic acids is 3. The number of aliphatic hydroxyl groups excluding tert-OH is 1. The minimum atomic E-state index is -1.62. The standard InChI is InChI=1S/C39H53N5O8S/c1-38(2,3)32(43-36(48)52-7)34(46)41-28(22-26-17-19-27(20-18-26)29-16-12-13-21-40-29)24-31(45)30(23-25-14-10-9-11-15-25)42-35(47)33(44(6)37(49)50)39(4,5)53(8)51/h9-21,28,30-33,45H,22-24H2,1-8H3,(H,41,46)(H,42,47)(H,43,48)(H,49,50)/t28-,30-,31-,32+,33+,53-/m0/s1. The molecule has 288 valence electrons. The lowest BCUT2D eigenvalue weighted by Gasteiger charge is -2.38. The predicted octanol–water partition coefficient (Wildman–Crippen LogP) is 4.16. The summed E-state index contributed by atoms with van der Waals surface area (Å²) >= 11 is -1.62. The van der Waals surface area contributed by atoms with Gasteiger partial charge in [-0.25, -0.2) is 9.59 Å². The summed E-state index contributed by atoms with van der Waals surface area (Å²) in [4.78, 5) is 57.4. The summed E-state index contributed by atoms with van der Waals surface area (Å²) < 4.78 is 16.3. The van der Waals surface area contributed by atoms with E-state index in [1.807, 2.05) is 72.8 Å². The number of pyridine rings is 1. The Hall–Kier alpha value is -4.66. The molecule has 1 aromatic heterocycles. The molecule has 0 saturated carbocycles. The highest BCUT2D eigenvalue weighted by Crippen LogP contribution is 2.26. The molecule has 0 aliphatic rings. The second kappa shape index (κ2) is 18.9. The number of likely N-dealkylation sites (N-methyl/N-ethyl adjacent to an activating group) is 1. The van der Waals surface area contributed by atoms with Crippen molar-refractivity contribution in [2.75, 3.05) is 20.4 Å². The van der Waals surface area contributed by atoms with Crippen molar-refractivity contribution in [3.05, 3.63) is 90.1 Å². The van der Waals surface area contributed by atoms with E-state index in [-0.39, 0.29) is 19.3 Å². The minimum Gasteiger partial charge on any atom is -0.616 e. The second-order valence-electron chi connectivity index (χ2n) is 14.7. The molecule has 3 aromatic rings. The maximum absolute atomic E-state index is 14.0. The van der Waals surface area contributed by atoms with E-state index in [1.165, 1.54) is 20.4 Å². The van der Waals surface area contributed by atoms with E-state index in [0.29, 0.717) is 0 Å². The number of benzene rings is 2. The first kappa shape index (κ1) is 42.8. The van der Waals surface area contributed by atoms with E-state index in [0.717, 1.165) is 27.3 Å². The Morgan fingerprint density at radius 3 is 2.00 bits per heavy atom. The average Bonchev–Trinajstić information content (AvgIpc) is 3.10. The Labute approximate surface area is 315 Å². The SMILES string of the molecule is COC(=O)N[C@H](C(=O)N[C@@H](Cc1ccc(-c2ccccn2)cc1)C[C@H](O)[C@H](Cc1ccccc1)NC(=O)[C@@H](N(C)C(=O)O)C(C)(C)[S@+](C)[O-])C(C)(C)C. The van der Waals surface area contributed by atoms with Gasteiger partial charge < -0.3 is 35.5 Å². The van der Waals surface area contributed by atoms with Crippen molar-refractivity contribution >= 4 is 35.2 Å². The molecule has 0 spiro atoms.